The Balaban J connectivity index is 1.14. The van der Waals surface area contributed by atoms with Crippen LogP contribution in [0, 0.1) is 18.3 Å². The van der Waals surface area contributed by atoms with E-state index < -0.39 is 0 Å². The first-order chi connectivity index (χ1) is 13.5. The summed E-state index contributed by atoms with van der Waals surface area (Å²) in [6, 6.07) is 16.9. The average molecular weight is 379 g/mol. The molecule has 4 nitrogen and oxygen atoms in total. The number of aryl methyl sites for hydroxylation is 1. The fourth-order valence-corrected chi connectivity index (χ4v) is 5.06. The smallest absolute Gasteiger partial charge is 0.315 e. The van der Waals surface area contributed by atoms with Crippen molar-refractivity contribution in [2.75, 3.05) is 7.11 Å². The average Bonchev–Trinajstić information content (AvgIpc) is 2.63. The van der Waals surface area contributed by atoms with Crippen molar-refractivity contribution in [1.29, 1.82) is 0 Å². The Labute approximate surface area is 167 Å². The van der Waals surface area contributed by atoms with Crippen molar-refractivity contribution in [2.45, 2.75) is 51.6 Å². The molecule has 2 fully saturated rings. The molecule has 2 N–H and O–H groups in total. The topological polar surface area (TPSA) is 50.4 Å². The number of nitrogens with one attached hydrogen (secondary N) is 2. The molecule has 0 heterocycles. The fraction of sp³-hybridized carbons (Fsp3) is 0.458. The number of methoxy groups -OCH3 is 1. The molecule has 0 aliphatic heterocycles. The van der Waals surface area contributed by atoms with Crippen LogP contribution in [0.4, 0.5) is 4.79 Å². The lowest BCUT2D eigenvalue weighted by Gasteiger charge is -2.58. The van der Waals surface area contributed by atoms with Crippen molar-refractivity contribution in [1.82, 2.24) is 10.6 Å². The summed E-state index contributed by atoms with van der Waals surface area (Å²) in [4.78, 5) is 12.2. The van der Waals surface area contributed by atoms with Crippen LogP contribution in [0.1, 0.15) is 42.4 Å². The fourth-order valence-electron chi connectivity index (χ4n) is 5.06. The lowest BCUT2D eigenvalue weighted by molar-refractivity contribution is -0.0454. The van der Waals surface area contributed by atoms with Crippen LogP contribution in [0.15, 0.2) is 48.5 Å². The maximum Gasteiger partial charge on any atom is 0.315 e. The van der Waals surface area contributed by atoms with Gasteiger partial charge < -0.3 is 15.4 Å². The van der Waals surface area contributed by atoms with Crippen LogP contribution >= 0.6 is 0 Å². The van der Waals surface area contributed by atoms with Crippen molar-refractivity contribution >= 4 is 6.03 Å². The van der Waals surface area contributed by atoms with Gasteiger partial charge in [0, 0.05) is 12.6 Å². The van der Waals surface area contributed by atoms with Crippen LogP contribution in [0.3, 0.4) is 0 Å². The summed E-state index contributed by atoms with van der Waals surface area (Å²) in [5.41, 5.74) is 4.38. The molecular formula is C24H30N2O2. The van der Waals surface area contributed by atoms with Crippen molar-refractivity contribution in [2.24, 2.45) is 11.3 Å². The molecule has 0 aromatic heterocycles. The first-order valence-corrected chi connectivity index (χ1v) is 10.3. The highest BCUT2D eigenvalue weighted by Crippen LogP contribution is 2.59. The van der Waals surface area contributed by atoms with Crippen LogP contribution in [-0.2, 0) is 13.0 Å². The molecule has 0 bridgehead atoms. The zero-order valence-electron chi connectivity index (χ0n) is 16.8. The van der Waals surface area contributed by atoms with Gasteiger partial charge in [-0.25, -0.2) is 4.79 Å². The predicted octanol–water partition coefficient (Wildman–Crippen LogP) is 4.60. The Morgan fingerprint density at radius 3 is 2.50 bits per heavy atom. The summed E-state index contributed by atoms with van der Waals surface area (Å²) in [7, 11) is 1.65. The molecule has 2 aliphatic rings. The third kappa shape index (κ3) is 4.32. The molecule has 0 radical (unpaired) electrons. The van der Waals surface area contributed by atoms with Crippen LogP contribution < -0.4 is 15.4 Å². The zero-order chi connectivity index (χ0) is 19.6. The first-order valence-electron chi connectivity index (χ1n) is 10.3. The van der Waals surface area contributed by atoms with Crippen molar-refractivity contribution in [3.8, 4) is 5.75 Å². The van der Waals surface area contributed by atoms with Gasteiger partial charge in [-0.2, -0.15) is 0 Å². The largest absolute Gasteiger partial charge is 0.497 e. The quantitative estimate of drug-likeness (QED) is 0.771. The van der Waals surface area contributed by atoms with Crippen LogP contribution in [-0.4, -0.2) is 19.2 Å². The predicted molar refractivity (Wildman–Crippen MR) is 111 cm³/mol. The maximum absolute atomic E-state index is 12.2. The molecule has 0 saturated heterocycles. The van der Waals surface area contributed by atoms with Gasteiger partial charge in [0.15, 0.2) is 0 Å². The van der Waals surface area contributed by atoms with Crippen molar-refractivity contribution in [3.63, 3.8) is 0 Å². The Hall–Kier alpha value is -2.49. The van der Waals surface area contributed by atoms with Gasteiger partial charge in [-0.05, 0) is 73.6 Å². The molecule has 2 aliphatic carbocycles. The monoisotopic (exact) mass is 378 g/mol. The van der Waals surface area contributed by atoms with E-state index >= 15 is 0 Å². The van der Waals surface area contributed by atoms with Gasteiger partial charge in [0.1, 0.15) is 5.75 Å². The standard InChI is InChI=1S/C24H30N2O2/c1-17-4-3-5-19(10-17)11-20-12-24(13-20)14-21(15-24)26-23(27)25-16-18-6-8-22(28-2)9-7-18/h3-10,20-21H,11-16H2,1-2H3,(H2,25,26,27). The third-order valence-electron chi connectivity index (χ3n) is 6.36. The van der Waals surface area contributed by atoms with E-state index in [0.29, 0.717) is 18.0 Å². The van der Waals surface area contributed by atoms with E-state index in [1.54, 1.807) is 7.11 Å². The number of hydrogen-bond acceptors (Lipinski definition) is 2. The number of rotatable bonds is 6. The zero-order valence-corrected chi connectivity index (χ0v) is 16.8. The second kappa shape index (κ2) is 7.86. The van der Waals surface area contributed by atoms with E-state index in [9.17, 15) is 4.79 Å². The number of benzene rings is 2. The van der Waals surface area contributed by atoms with Crippen LogP contribution in [0.5, 0.6) is 5.75 Å². The number of carbonyl (C=O) groups excluding carboxylic acids is 1. The molecule has 148 valence electrons. The van der Waals surface area contributed by atoms with Gasteiger partial charge >= 0.3 is 6.03 Å². The third-order valence-corrected chi connectivity index (χ3v) is 6.36. The van der Waals surface area contributed by atoms with Gasteiger partial charge in [0.2, 0.25) is 0 Å². The summed E-state index contributed by atoms with van der Waals surface area (Å²) in [6.07, 6.45) is 6.09. The van der Waals surface area contributed by atoms with Gasteiger partial charge in [0.25, 0.3) is 0 Å². The SMILES string of the molecule is COc1ccc(CNC(=O)NC2CC3(CC(Cc4cccc(C)c4)C3)C2)cc1. The van der Waals surface area contributed by atoms with E-state index in [4.69, 9.17) is 4.74 Å². The van der Waals surface area contributed by atoms with E-state index in [1.165, 1.54) is 30.4 Å². The minimum atomic E-state index is -0.0636. The number of carbonyl (C=O) groups is 1. The Bertz CT molecular complexity index is 817. The lowest BCUT2D eigenvalue weighted by Crippen LogP contribution is -2.57. The van der Waals surface area contributed by atoms with E-state index in [1.807, 2.05) is 24.3 Å². The molecule has 4 rings (SSSR count). The molecule has 2 aromatic carbocycles. The molecule has 28 heavy (non-hydrogen) atoms. The summed E-state index contributed by atoms with van der Waals surface area (Å²) in [5.74, 6) is 1.64. The minimum absolute atomic E-state index is 0.0636. The highest BCUT2D eigenvalue weighted by Gasteiger charge is 2.52. The highest BCUT2D eigenvalue weighted by atomic mass is 16.5. The van der Waals surface area contributed by atoms with Crippen LogP contribution in [0.2, 0.25) is 0 Å². The minimum Gasteiger partial charge on any atom is -0.497 e. The molecule has 2 aromatic rings. The molecule has 2 saturated carbocycles. The molecule has 0 unspecified atom stereocenters. The molecule has 4 heteroatoms. The van der Waals surface area contributed by atoms with Crippen LogP contribution in [0.25, 0.3) is 0 Å². The summed E-state index contributed by atoms with van der Waals surface area (Å²) in [5, 5.41) is 6.08. The normalized spacial score (nSPS) is 25.5. The molecule has 0 atom stereocenters. The van der Waals surface area contributed by atoms with Gasteiger partial charge in [0.05, 0.1) is 7.11 Å². The number of amides is 2. The van der Waals surface area contributed by atoms with Gasteiger partial charge in [-0.1, -0.05) is 42.0 Å². The van der Waals surface area contributed by atoms with E-state index in [2.05, 4.69) is 41.8 Å². The molecule has 2 amide bonds. The van der Waals surface area contributed by atoms with Crippen molar-refractivity contribution in [3.05, 3.63) is 65.2 Å². The maximum atomic E-state index is 12.2. The Kier molecular flexibility index (Phi) is 5.29. The second-order valence-electron chi connectivity index (χ2n) is 8.75. The Morgan fingerprint density at radius 1 is 1.07 bits per heavy atom. The van der Waals surface area contributed by atoms with Gasteiger partial charge in [-0.15, -0.1) is 0 Å². The first kappa shape index (κ1) is 18.9. The second-order valence-corrected chi connectivity index (χ2v) is 8.75. The Morgan fingerprint density at radius 2 is 1.82 bits per heavy atom. The molecule has 1 spiro atoms. The van der Waals surface area contributed by atoms with Gasteiger partial charge in [-0.3, -0.25) is 0 Å². The summed E-state index contributed by atoms with van der Waals surface area (Å²) in [6.45, 7) is 2.69. The summed E-state index contributed by atoms with van der Waals surface area (Å²) < 4.78 is 5.15. The summed E-state index contributed by atoms with van der Waals surface area (Å²) >= 11 is 0. The lowest BCUT2D eigenvalue weighted by atomic mass is 9.49. The number of urea groups is 1. The highest BCUT2D eigenvalue weighted by molar-refractivity contribution is 5.74. The molecular weight excluding hydrogens is 348 g/mol. The van der Waals surface area contributed by atoms with E-state index in [-0.39, 0.29) is 6.03 Å². The van der Waals surface area contributed by atoms with E-state index in [0.717, 1.165) is 30.1 Å². The number of hydrogen-bond donors (Lipinski definition) is 2. The number of ether oxygens (including phenoxy) is 1. The van der Waals surface area contributed by atoms with Crippen molar-refractivity contribution < 1.29 is 9.53 Å².